The van der Waals surface area contributed by atoms with Gasteiger partial charge in [0.1, 0.15) is 19.3 Å². The van der Waals surface area contributed by atoms with E-state index in [-0.39, 0.29) is 13.2 Å². The number of rotatable bonds is 0. The third kappa shape index (κ3) is 1.67. The topological polar surface area (TPSA) is 64.7 Å². The van der Waals surface area contributed by atoms with Crippen molar-refractivity contribution in [2.24, 2.45) is 0 Å². The van der Waals surface area contributed by atoms with Gasteiger partial charge in [-0.25, -0.2) is 0 Å². The molecule has 0 fully saturated rings. The van der Waals surface area contributed by atoms with Crippen molar-refractivity contribution in [2.45, 2.75) is 6.10 Å². The van der Waals surface area contributed by atoms with Crippen LogP contribution in [-0.2, 0) is 0 Å². The molecule has 0 radical (unpaired) electrons. The maximum Gasteiger partial charge on any atom is 0.163 e. The Morgan fingerprint density at radius 1 is 1.23 bits per heavy atom. The Kier molecular flexibility index (Phi) is 1.98. The van der Waals surface area contributed by atoms with Gasteiger partial charge in [-0.05, 0) is 12.1 Å². The zero-order chi connectivity index (χ0) is 9.26. The first kappa shape index (κ1) is 8.19. The van der Waals surface area contributed by atoms with Gasteiger partial charge in [0.25, 0.3) is 0 Å². The highest BCUT2D eigenvalue weighted by atomic mass is 16.5. The smallest absolute Gasteiger partial charge is 0.163 e. The van der Waals surface area contributed by atoms with Crippen LogP contribution in [0.1, 0.15) is 0 Å². The van der Waals surface area contributed by atoms with Gasteiger partial charge in [0.15, 0.2) is 11.5 Å². The van der Waals surface area contributed by atoms with Crippen LogP contribution in [-0.4, -0.2) is 24.4 Å². The molecule has 1 heterocycles. The summed E-state index contributed by atoms with van der Waals surface area (Å²) < 4.78 is 10.6. The monoisotopic (exact) mass is 181 g/mol. The molecule has 0 amide bonds. The lowest BCUT2D eigenvalue weighted by Crippen LogP contribution is -2.21. The molecule has 1 aromatic rings. The molecule has 0 saturated carbocycles. The first-order valence-corrected chi connectivity index (χ1v) is 4.09. The first-order chi connectivity index (χ1) is 6.25. The van der Waals surface area contributed by atoms with Crippen LogP contribution in [0.15, 0.2) is 18.2 Å². The number of nitrogen functional groups attached to an aromatic ring is 1. The molecule has 4 nitrogen and oxygen atoms in total. The standard InChI is InChI=1S/C9H11NO3/c10-6-1-2-8-9(3-6)13-5-7(11)4-12-8/h1-3,7,11H,4-5,10H2/t7-/m0/s1. The highest BCUT2D eigenvalue weighted by Crippen LogP contribution is 2.31. The minimum Gasteiger partial charge on any atom is -0.487 e. The third-order valence-electron chi connectivity index (χ3n) is 1.83. The zero-order valence-corrected chi connectivity index (χ0v) is 7.06. The number of fused-ring (bicyclic) bond motifs is 1. The molecule has 0 aliphatic carbocycles. The number of nitrogens with two attached hydrogens (primary N) is 1. The van der Waals surface area contributed by atoms with E-state index in [9.17, 15) is 5.11 Å². The van der Waals surface area contributed by atoms with E-state index >= 15 is 0 Å². The van der Waals surface area contributed by atoms with Gasteiger partial charge in [-0.1, -0.05) is 0 Å². The molecule has 0 bridgehead atoms. The van der Waals surface area contributed by atoms with Gasteiger partial charge in [-0.2, -0.15) is 0 Å². The van der Waals surface area contributed by atoms with Crippen LogP contribution in [0.5, 0.6) is 11.5 Å². The Hall–Kier alpha value is -1.42. The maximum atomic E-state index is 9.25. The van der Waals surface area contributed by atoms with Gasteiger partial charge in [0.2, 0.25) is 0 Å². The van der Waals surface area contributed by atoms with Crippen molar-refractivity contribution in [3.8, 4) is 11.5 Å². The van der Waals surface area contributed by atoms with Gasteiger partial charge < -0.3 is 20.3 Å². The van der Waals surface area contributed by atoms with Gasteiger partial charge >= 0.3 is 0 Å². The molecule has 0 saturated heterocycles. The Labute approximate surface area is 75.9 Å². The van der Waals surface area contributed by atoms with Crippen molar-refractivity contribution < 1.29 is 14.6 Å². The molecule has 2 rings (SSSR count). The van der Waals surface area contributed by atoms with Crippen molar-refractivity contribution in [3.63, 3.8) is 0 Å². The second-order valence-electron chi connectivity index (χ2n) is 2.98. The fraction of sp³-hybridized carbons (Fsp3) is 0.333. The fourth-order valence-electron chi connectivity index (χ4n) is 1.18. The Balaban J connectivity index is 2.30. The molecule has 70 valence electrons. The van der Waals surface area contributed by atoms with Crippen LogP contribution >= 0.6 is 0 Å². The summed E-state index contributed by atoms with van der Waals surface area (Å²) in [7, 11) is 0. The van der Waals surface area contributed by atoms with E-state index in [1.165, 1.54) is 0 Å². The molecule has 1 aliphatic heterocycles. The second-order valence-corrected chi connectivity index (χ2v) is 2.98. The van der Waals surface area contributed by atoms with Gasteiger partial charge in [0, 0.05) is 11.8 Å². The summed E-state index contributed by atoms with van der Waals surface area (Å²) >= 11 is 0. The van der Waals surface area contributed by atoms with Gasteiger partial charge in [-0.3, -0.25) is 0 Å². The van der Waals surface area contributed by atoms with E-state index in [0.29, 0.717) is 17.2 Å². The molecule has 1 atom stereocenters. The van der Waals surface area contributed by atoms with Crippen LogP contribution in [0.25, 0.3) is 0 Å². The molecular formula is C9H11NO3. The quantitative estimate of drug-likeness (QED) is 0.569. The number of aliphatic hydroxyl groups is 1. The second kappa shape index (κ2) is 3.14. The summed E-state index contributed by atoms with van der Waals surface area (Å²) in [4.78, 5) is 0. The first-order valence-electron chi connectivity index (χ1n) is 4.09. The van der Waals surface area contributed by atoms with Crippen molar-refractivity contribution in [2.75, 3.05) is 18.9 Å². The zero-order valence-electron chi connectivity index (χ0n) is 7.06. The van der Waals surface area contributed by atoms with Crippen molar-refractivity contribution in [3.05, 3.63) is 18.2 Å². The van der Waals surface area contributed by atoms with Crippen LogP contribution in [0.4, 0.5) is 5.69 Å². The number of ether oxygens (including phenoxy) is 2. The number of benzene rings is 1. The lowest BCUT2D eigenvalue weighted by molar-refractivity contribution is 0.0802. The highest BCUT2D eigenvalue weighted by Gasteiger charge is 2.15. The average molecular weight is 181 g/mol. The molecule has 0 spiro atoms. The molecule has 3 N–H and O–H groups in total. The normalized spacial score (nSPS) is 20.8. The van der Waals surface area contributed by atoms with Crippen LogP contribution in [0.3, 0.4) is 0 Å². The number of hydrogen-bond donors (Lipinski definition) is 2. The Morgan fingerprint density at radius 2 is 1.92 bits per heavy atom. The molecule has 1 aromatic carbocycles. The summed E-state index contributed by atoms with van der Waals surface area (Å²) in [6.07, 6.45) is -0.575. The summed E-state index contributed by atoms with van der Waals surface area (Å²) in [6.45, 7) is 0.507. The SMILES string of the molecule is Nc1ccc2c(c1)OC[C@@H](O)CO2. The van der Waals surface area contributed by atoms with Crippen LogP contribution in [0, 0.1) is 0 Å². The van der Waals surface area contributed by atoms with Gasteiger partial charge in [-0.15, -0.1) is 0 Å². The maximum absolute atomic E-state index is 9.25. The van der Waals surface area contributed by atoms with Crippen LogP contribution in [0.2, 0.25) is 0 Å². The predicted molar refractivity (Wildman–Crippen MR) is 47.9 cm³/mol. The van der Waals surface area contributed by atoms with Gasteiger partial charge in [0.05, 0.1) is 0 Å². The highest BCUT2D eigenvalue weighted by molar-refractivity contribution is 5.52. The molecular weight excluding hydrogens is 170 g/mol. The van der Waals surface area contributed by atoms with Crippen LogP contribution < -0.4 is 15.2 Å². The summed E-state index contributed by atoms with van der Waals surface area (Å²) in [5.74, 6) is 1.22. The summed E-state index contributed by atoms with van der Waals surface area (Å²) in [6, 6.07) is 5.16. The lowest BCUT2D eigenvalue weighted by atomic mass is 10.3. The Morgan fingerprint density at radius 3 is 2.69 bits per heavy atom. The molecule has 0 unspecified atom stereocenters. The van der Waals surface area contributed by atoms with Crippen molar-refractivity contribution in [1.29, 1.82) is 0 Å². The average Bonchev–Trinajstić information content (AvgIpc) is 2.29. The minimum atomic E-state index is -0.575. The minimum absolute atomic E-state index is 0.246. The van der Waals surface area contributed by atoms with E-state index in [2.05, 4.69) is 0 Å². The lowest BCUT2D eigenvalue weighted by Gasteiger charge is -2.06. The number of anilines is 1. The summed E-state index contributed by atoms with van der Waals surface area (Å²) in [5.41, 5.74) is 6.19. The molecule has 0 aromatic heterocycles. The molecule has 4 heteroatoms. The van der Waals surface area contributed by atoms with E-state index in [4.69, 9.17) is 15.2 Å². The largest absolute Gasteiger partial charge is 0.487 e. The van der Waals surface area contributed by atoms with E-state index in [1.54, 1.807) is 18.2 Å². The molecule has 13 heavy (non-hydrogen) atoms. The predicted octanol–water partition coefficient (Wildman–Crippen LogP) is 0.401. The van der Waals surface area contributed by atoms with Crippen molar-refractivity contribution in [1.82, 2.24) is 0 Å². The molecule has 1 aliphatic rings. The summed E-state index contributed by atoms with van der Waals surface area (Å²) in [5, 5.41) is 9.25. The van der Waals surface area contributed by atoms with E-state index < -0.39 is 6.10 Å². The number of aliphatic hydroxyl groups excluding tert-OH is 1. The van der Waals surface area contributed by atoms with E-state index in [1.807, 2.05) is 0 Å². The fourth-order valence-corrected chi connectivity index (χ4v) is 1.18. The van der Waals surface area contributed by atoms with Crippen molar-refractivity contribution >= 4 is 5.69 Å². The number of hydrogen-bond acceptors (Lipinski definition) is 4. The van der Waals surface area contributed by atoms with E-state index in [0.717, 1.165) is 0 Å². The third-order valence-corrected chi connectivity index (χ3v) is 1.83. The Bertz CT molecular complexity index is 314.